The summed E-state index contributed by atoms with van der Waals surface area (Å²) in [7, 11) is 1.96. The molecule has 88 valence electrons. The van der Waals surface area contributed by atoms with E-state index >= 15 is 0 Å². The lowest BCUT2D eigenvalue weighted by Crippen LogP contribution is -2.17. The lowest BCUT2D eigenvalue weighted by atomic mass is 10.1. The van der Waals surface area contributed by atoms with E-state index in [1.54, 1.807) is 0 Å². The molecule has 0 amide bonds. The van der Waals surface area contributed by atoms with Gasteiger partial charge in [0.15, 0.2) is 11.5 Å². The highest BCUT2D eigenvalue weighted by molar-refractivity contribution is 9.10. The molecule has 1 N–H and O–H groups in total. The molecule has 0 aliphatic carbocycles. The molecule has 1 aliphatic rings. The average molecular weight is 286 g/mol. The Bertz CT molecular complexity index is 393. The van der Waals surface area contributed by atoms with Crippen LogP contribution in [0.15, 0.2) is 10.5 Å². The third-order valence-corrected chi connectivity index (χ3v) is 3.82. The van der Waals surface area contributed by atoms with Crippen LogP contribution in [0.2, 0.25) is 0 Å². The maximum atomic E-state index is 5.62. The van der Waals surface area contributed by atoms with Crippen molar-refractivity contribution in [1.29, 1.82) is 0 Å². The van der Waals surface area contributed by atoms with Crippen LogP contribution >= 0.6 is 15.9 Å². The lowest BCUT2D eigenvalue weighted by molar-refractivity contribution is 0.170. The predicted molar refractivity (Wildman–Crippen MR) is 67.5 cm³/mol. The van der Waals surface area contributed by atoms with Crippen LogP contribution in [0.4, 0.5) is 0 Å². The molecule has 0 saturated heterocycles. The molecular formula is C12H16BrNO2. The number of halogens is 1. The average Bonchev–Trinajstić information content (AvgIpc) is 2.32. The van der Waals surface area contributed by atoms with Crippen LogP contribution in [-0.4, -0.2) is 26.8 Å². The summed E-state index contributed by atoms with van der Waals surface area (Å²) in [6.45, 7) is 4.29. The Hall–Kier alpha value is -0.740. The minimum atomic E-state index is 0.635. The van der Waals surface area contributed by atoms with Gasteiger partial charge in [0.25, 0.3) is 0 Å². The van der Waals surface area contributed by atoms with E-state index in [0.29, 0.717) is 13.2 Å². The van der Waals surface area contributed by atoms with E-state index in [1.807, 2.05) is 7.05 Å². The first-order valence-corrected chi connectivity index (χ1v) is 6.25. The summed E-state index contributed by atoms with van der Waals surface area (Å²) in [5.74, 6) is 1.75. The summed E-state index contributed by atoms with van der Waals surface area (Å²) >= 11 is 3.63. The van der Waals surface area contributed by atoms with Crippen LogP contribution in [0.3, 0.4) is 0 Å². The quantitative estimate of drug-likeness (QED) is 0.924. The molecule has 4 heteroatoms. The van der Waals surface area contributed by atoms with Gasteiger partial charge in [0.05, 0.1) is 0 Å². The predicted octanol–water partition coefficient (Wildman–Crippen LogP) is 2.29. The molecule has 0 atom stereocenters. The topological polar surface area (TPSA) is 30.5 Å². The van der Waals surface area contributed by atoms with E-state index < -0.39 is 0 Å². The van der Waals surface area contributed by atoms with E-state index in [9.17, 15) is 0 Å². The molecule has 1 aliphatic heterocycles. The fourth-order valence-corrected chi connectivity index (χ4v) is 2.33. The van der Waals surface area contributed by atoms with Crippen molar-refractivity contribution >= 4 is 15.9 Å². The highest BCUT2D eigenvalue weighted by Gasteiger charge is 2.18. The van der Waals surface area contributed by atoms with Crippen molar-refractivity contribution in [2.75, 3.05) is 26.8 Å². The Labute approximate surface area is 104 Å². The monoisotopic (exact) mass is 285 g/mol. The number of hydrogen-bond donors (Lipinski definition) is 1. The first-order chi connectivity index (χ1) is 7.74. The summed E-state index contributed by atoms with van der Waals surface area (Å²) in [4.78, 5) is 0. The van der Waals surface area contributed by atoms with E-state index in [0.717, 1.165) is 34.5 Å². The van der Waals surface area contributed by atoms with Crippen molar-refractivity contribution in [2.45, 2.75) is 13.3 Å². The Morgan fingerprint density at radius 1 is 1.38 bits per heavy atom. The molecule has 0 fully saturated rings. The zero-order valence-electron chi connectivity index (χ0n) is 9.60. The van der Waals surface area contributed by atoms with Gasteiger partial charge in [0, 0.05) is 10.0 Å². The van der Waals surface area contributed by atoms with E-state index in [4.69, 9.17) is 9.47 Å². The zero-order valence-corrected chi connectivity index (χ0v) is 11.2. The molecule has 0 saturated carbocycles. The first-order valence-electron chi connectivity index (χ1n) is 5.46. The molecule has 1 aromatic rings. The molecular weight excluding hydrogens is 270 g/mol. The Kier molecular flexibility index (Phi) is 3.71. The number of ether oxygens (including phenoxy) is 2. The Morgan fingerprint density at radius 2 is 2.12 bits per heavy atom. The van der Waals surface area contributed by atoms with Gasteiger partial charge in [0.2, 0.25) is 0 Å². The van der Waals surface area contributed by atoms with Crippen LogP contribution in [-0.2, 0) is 6.42 Å². The summed E-state index contributed by atoms with van der Waals surface area (Å²) in [5, 5.41) is 3.15. The third-order valence-electron chi connectivity index (χ3n) is 2.71. The van der Waals surface area contributed by atoms with Gasteiger partial charge in [-0.2, -0.15) is 0 Å². The van der Waals surface area contributed by atoms with E-state index in [2.05, 4.69) is 34.2 Å². The molecule has 0 aromatic heterocycles. The summed E-state index contributed by atoms with van der Waals surface area (Å²) in [6.07, 6.45) is 0.981. The Balaban J connectivity index is 2.36. The molecule has 1 heterocycles. The van der Waals surface area contributed by atoms with Gasteiger partial charge in [0.1, 0.15) is 13.2 Å². The zero-order chi connectivity index (χ0) is 11.5. The number of benzene rings is 1. The van der Waals surface area contributed by atoms with Gasteiger partial charge in [-0.05, 0) is 38.6 Å². The Morgan fingerprint density at radius 3 is 2.88 bits per heavy atom. The molecule has 0 radical (unpaired) electrons. The van der Waals surface area contributed by atoms with E-state index in [-0.39, 0.29) is 0 Å². The van der Waals surface area contributed by atoms with Crippen molar-refractivity contribution in [1.82, 2.24) is 5.32 Å². The third kappa shape index (κ3) is 2.18. The highest BCUT2D eigenvalue weighted by atomic mass is 79.9. The lowest BCUT2D eigenvalue weighted by Gasteiger charge is -2.22. The fourth-order valence-electron chi connectivity index (χ4n) is 1.84. The van der Waals surface area contributed by atoms with Crippen molar-refractivity contribution in [3.63, 3.8) is 0 Å². The minimum absolute atomic E-state index is 0.635. The molecule has 0 unspecified atom stereocenters. The largest absolute Gasteiger partial charge is 0.486 e. The number of rotatable bonds is 3. The van der Waals surface area contributed by atoms with Gasteiger partial charge in [-0.3, -0.25) is 0 Å². The minimum Gasteiger partial charge on any atom is -0.486 e. The summed E-state index contributed by atoms with van der Waals surface area (Å²) in [6, 6.07) is 2.07. The highest BCUT2D eigenvalue weighted by Crippen LogP contribution is 2.40. The van der Waals surface area contributed by atoms with Gasteiger partial charge >= 0.3 is 0 Å². The molecule has 2 rings (SSSR count). The maximum absolute atomic E-state index is 5.62. The van der Waals surface area contributed by atoms with Crippen LogP contribution in [0.1, 0.15) is 11.1 Å². The van der Waals surface area contributed by atoms with Crippen LogP contribution in [0.5, 0.6) is 11.5 Å². The number of nitrogens with one attached hydrogen (secondary N) is 1. The van der Waals surface area contributed by atoms with Crippen molar-refractivity contribution in [3.8, 4) is 11.5 Å². The number of fused-ring (bicyclic) bond motifs is 1. The van der Waals surface area contributed by atoms with Crippen LogP contribution in [0.25, 0.3) is 0 Å². The van der Waals surface area contributed by atoms with Crippen molar-refractivity contribution in [2.24, 2.45) is 0 Å². The van der Waals surface area contributed by atoms with Crippen LogP contribution < -0.4 is 14.8 Å². The SMILES string of the molecule is CNCCc1cc2c(c(C)c1Br)OCCO2. The molecule has 3 nitrogen and oxygen atoms in total. The number of hydrogen-bond acceptors (Lipinski definition) is 3. The summed E-state index contributed by atoms with van der Waals surface area (Å²) < 4.78 is 12.4. The van der Waals surface area contributed by atoms with E-state index in [1.165, 1.54) is 5.56 Å². The molecule has 0 spiro atoms. The first kappa shape index (κ1) is 11.7. The fraction of sp³-hybridized carbons (Fsp3) is 0.500. The second kappa shape index (κ2) is 5.06. The smallest absolute Gasteiger partial charge is 0.165 e. The number of likely N-dealkylation sites (N-methyl/N-ethyl adjacent to an activating group) is 1. The van der Waals surface area contributed by atoms with Gasteiger partial charge in [-0.15, -0.1) is 0 Å². The van der Waals surface area contributed by atoms with Crippen LogP contribution in [0, 0.1) is 6.92 Å². The standard InChI is InChI=1S/C12H16BrNO2/c1-8-11(13)9(3-4-14-2)7-10-12(8)16-6-5-15-10/h7,14H,3-6H2,1-2H3. The van der Waals surface area contributed by atoms with Crippen molar-refractivity contribution in [3.05, 3.63) is 21.7 Å². The molecule has 1 aromatic carbocycles. The van der Waals surface area contributed by atoms with Gasteiger partial charge in [-0.1, -0.05) is 15.9 Å². The summed E-state index contributed by atoms with van der Waals surface area (Å²) in [5.41, 5.74) is 2.39. The molecule has 16 heavy (non-hydrogen) atoms. The normalized spacial score (nSPS) is 13.9. The van der Waals surface area contributed by atoms with Gasteiger partial charge < -0.3 is 14.8 Å². The maximum Gasteiger partial charge on any atom is 0.165 e. The van der Waals surface area contributed by atoms with Crippen molar-refractivity contribution < 1.29 is 9.47 Å². The van der Waals surface area contributed by atoms with Gasteiger partial charge in [-0.25, -0.2) is 0 Å². The molecule has 0 bridgehead atoms. The second-order valence-electron chi connectivity index (χ2n) is 3.85. The second-order valence-corrected chi connectivity index (χ2v) is 4.65.